The van der Waals surface area contributed by atoms with Crippen LogP contribution in [-0.4, -0.2) is 44.7 Å². The first-order chi connectivity index (χ1) is 11.6. The monoisotopic (exact) mass is 333 g/mol. The molecule has 6 heteroatoms. The van der Waals surface area contributed by atoms with Crippen LogP contribution in [0.2, 0.25) is 0 Å². The Morgan fingerprint density at radius 1 is 1.25 bits per heavy atom. The van der Waals surface area contributed by atoms with Crippen LogP contribution in [0.25, 0.3) is 0 Å². The minimum absolute atomic E-state index is 0.104. The van der Waals surface area contributed by atoms with Crippen LogP contribution in [-0.2, 0) is 20.9 Å². The molecule has 0 spiro atoms. The lowest BCUT2D eigenvalue weighted by Gasteiger charge is -2.36. The smallest absolute Gasteiger partial charge is 0.242 e. The summed E-state index contributed by atoms with van der Waals surface area (Å²) in [6.07, 6.45) is 1.43. The summed E-state index contributed by atoms with van der Waals surface area (Å²) >= 11 is 0. The number of rotatable bonds is 7. The van der Waals surface area contributed by atoms with Crippen LogP contribution in [0.5, 0.6) is 0 Å². The number of carbonyl (C=O) groups excluding carboxylic acids is 2. The molecule has 0 radical (unpaired) electrons. The highest BCUT2D eigenvalue weighted by Gasteiger charge is 2.40. The summed E-state index contributed by atoms with van der Waals surface area (Å²) in [6.45, 7) is 4.10. The molecule has 1 aliphatic rings. The number of benzene rings is 1. The SMILES string of the molecule is COCC1(C(=O)NC(C)C(=O)NCc2ccccc2)CCNCC1. The summed E-state index contributed by atoms with van der Waals surface area (Å²) in [7, 11) is 1.60. The molecule has 0 aromatic heterocycles. The molecule has 0 bridgehead atoms. The highest BCUT2D eigenvalue weighted by Crippen LogP contribution is 2.29. The molecule has 1 heterocycles. The number of methoxy groups -OCH3 is 1. The van der Waals surface area contributed by atoms with Crippen molar-refractivity contribution in [2.24, 2.45) is 5.41 Å². The van der Waals surface area contributed by atoms with E-state index in [4.69, 9.17) is 4.74 Å². The number of hydrogen-bond acceptors (Lipinski definition) is 4. The second-order valence-electron chi connectivity index (χ2n) is 6.36. The molecule has 6 nitrogen and oxygen atoms in total. The Bertz CT molecular complexity index is 536. The van der Waals surface area contributed by atoms with Crippen LogP contribution >= 0.6 is 0 Å². The van der Waals surface area contributed by atoms with Crippen molar-refractivity contribution in [1.82, 2.24) is 16.0 Å². The topological polar surface area (TPSA) is 79.5 Å². The minimum atomic E-state index is -0.579. The van der Waals surface area contributed by atoms with E-state index >= 15 is 0 Å². The molecule has 1 atom stereocenters. The highest BCUT2D eigenvalue weighted by molar-refractivity contribution is 5.90. The number of amides is 2. The Morgan fingerprint density at radius 2 is 1.92 bits per heavy atom. The Kier molecular flexibility index (Phi) is 6.75. The van der Waals surface area contributed by atoms with Crippen molar-refractivity contribution in [3.05, 3.63) is 35.9 Å². The standard InChI is InChI=1S/C18H27N3O3/c1-14(16(22)20-12-15-6-4-3-5-7-15)21-17(23)18(13-24-2)8-10-19-11-9-18/h3-7,14,19H,8-13H2,1-2H3,(H,20,22)(H,21,23). The third kappa shape index (κ3) is 4.79. The summed E-state index contributed by atoms with van der Waals surface area (Å²) in [5.74, 6) is -0.290. The molecule has 0 aliphatic carbocycles. The van der Waals surface area contributed by atoms with E-state index in [-0.39, 0.29) is 11.8 Å². The van der Waals surface area contributed by atoms with Gasteiger partial charge < -0.3 is 20.7 Å². The van der Waals surface area contributed by atoms with Gasteiger partial charge in [0.25, 0.3) is 0 Å². The fraction of sp³-hybridized carbons (Fsp3) is 0.556. The molecule has 2 amide bonds. The van der Waals surface area contributed by atoms with Gasteiger partial charge in [0.05, 0.1) is 12.0 Å². The van der Waals surface area contributed by atoms with Gasteiger partial charge in [0.1, 0.15) is 6.04 Å². The Hall–Kier alpha value is -1.92. The second-order valence-corrected chi connectivity index (χ2v) is 6.36. The molecule has 1 fully saturated rings. The lowest BCUT2D eigenvalue weighted by molar-refractivity contribution is -0.139. The lowest BCUT2D eigenvalue weighted by Crippen LogP contribution is -2.54. The van der Waals surface area contributed by atoms with Gasteiger partial charge >= 0.3 is 0 Å². The van der Waals surface area contributed by atoms with Gasteiger partial charge in [-0.2, -0.15) is 0 Å². The maximum absolute atomic E-state index is 12.7. The van der Waals surface area contributed by atoms with Crippen LogP contribution < -0.4 is 16.0 Å². The van der Waals surface area contributed by atoms with Crippen molar-refractivity contribution >= 4 is 11.8 Å². The molecule has 1 aromatic carbocycles. The van der Waals surface area contributed by atoms with E-state index in [0.717, 1.165) is 18.7 Å². The fourth-order valence-electron chi connectivity index (χ4n) is 2.97. The largest absolute Gasteiger partial charge is 0.384 e. The molecule has 3 N–H and O–H groups in total. The quantitative estimate of drug-likeness (QED) is 0.690. The van der Waals surface area contributed by atoms with Gasteiger partial charge in [0.2, 0.25) is 11.8 Å². The van der Waals surface area contributed by atoms with Gasteiger partial charge in [-0.1, -0.05) is 30.3 Å². The predicted octanol–water partition coefficient (Wildman–Crippen LogP) is 0.824. The summed E-state index contributed by atoms with van der Waals surface area (Å²) < 4.78 is 5.26. The molecule has 2 rings (SSSR count). The predicted molar refractivity (Wildman–Crippen MR) is 92.3 cm³/mol. The maximum atomic E-state index is 12.7. The fourth-order valence-corrected chi connectivity index (χ4v) is 2.97. The van der Waals surface area contributed by atoms with Crippen LogP contribution in [0, 0.1) is 5.41 Å². The van der Waals surface area contributed by atoms with Gasteiger partial charge in [-0.25, -0.2) is 0 Å². The molecule has 0 saturated carbocycles. The van der Waals surface area contributed by atoms with Crippen LogP contribution in [0.1, 0.15) is 25.3 Å². The van der Waals surface area contributed by atoms with Crippen LogP contribution in [0.3, 0.4) is 0 Å². The van der Waals surface area contributed by atoms with Crippen LogP contribution in [0.15, 0.2) is 30.3 Å². The molecule has 1 aromatic rings. The van der Waals surface area contributed by atoms with Gasteiger partial charge in [0, 0.05) is 13.7 Å². The van der Waals surface area contributed by atoms with Crippen LogP contribution in [0.4, 0.5) is 0 Å². The van der Waals surface area contributed by atoms with E-state index in [1.165, 1.54) is 0 Å². The average molecular weight is 333 g/mol. The third-order valence-corrected chi connectivity index (χ3v) is 4.51. The van der Waals surface area contributed by atoms with Crippen molar-refractivity contribution in [2.75, 3.05) is 26.8 Å². The lowest BCUT2D eigenvalue weighted by atomic mass is 9.78. The summed E-state index contributed by atoms with van der Waals surface area (Å²) in [5, 5.41) is 8.96. The number of hydrogen-bond donors (Lipinski definition) is 3. The maximum Gasteiger partial charge on any atom is 0.242 e. The molecule has 1 aliphatic heterocycles. The van der Waals surface area contributed by atoms with Gasteiger partial charge in [-0.3, -0.25) is 9.59 Å². The Labute approximate surface area is 143 Å². The average Bonchev–Trinajstić information content (AvgIpc) is 2.61. The summed E-state index contributed by atoms with van der Waals surface area (Å²) in [5.41, 5.74) is 0.479. The van der Waals surface area contributed by atoms with E-state index < -0.39 is 11.5 Å². The molecule has 24 heavy (non-hydrogen) atoms. The number of nitrogens with one attached hydrogen (secondary N) is 3. The van der Waals surface area contributed by atoms with E-state index in [0.29, 0.717) is 26.0 Å². The first-order valence-electron chi connectivity index (χ1n) is 8.40. The molecule has 1 saturated heterocycles. The molecular weight excluding hydrogens is 306 g/mol. The zero-order chi connectivity index (χ0) is 17.4. The second kappa shape index (κ2) is 8.80. The number of ether oxygens (including phenoxy) is 1. The van der Waals surface area contributed by atoms with Crippen molar-refractivity contribution in [3.63, 3.8) is 0 Å². The zero-order valence-corrected chi connectivity index (χ0v) is 14.4. The third-order valence-electron chi connectivity index (χ3n) is 4.51. The zero-order valence-electron chi connectivity index (χ0n) is 14.4. The van der Waals surface area contributed by atoms with Gasteiger partial charge in [0.15, 0.2) is 0 Å². The normalized spacial score (nSPS) is 17.8. The van der Waals surface area contributed by atoms with Crippen molar-refractivity contribution < 1.29 is 14.3 Å². The van der Waals surface area contributed by atoms with Crippen molar-refractivity contribution in [3.8, 4) is 0 Å². The first-order valence-corrected chi connectivity index (χ1v) is 8.40. The number of piperidine rings is 1. The molecule has 1 unspecified atom stereocenters. The van der Waals surface area contributed by atoms with E-state index in [2.05, 4.69) is 16.0 Å². The highest BCUT2D eigenvalue weighted by atomic mass is 16.5. The van der Waals surface area contributed by atoms with Gasteiger partial charge in [-0.05, 0) is 38.4 Å². The minimum Gasteiger partial charge on any atom is -0.384 e. The van der Waals surface area contributed by atoms with Crippen molar-refractivity contribution in [1.29, 1.82) is 0 Å². The van der Waals surface area contributed by atoms with E-state index in [9.17, 15) is 9.59 Å². The van der Waals surface area contributed by atoms with E-state index in [1.807, 2.05) is 30.3 Å². The Balaban J connectivity index is 1.88. The Morgan fingerprint density at radius 3 is 2.54 bits per heavy atom. The molecule has 132 valence electrons. The summed E-state index contributed by atoms with van der Waals surface area (Å²) in [6, 6.07) is 9.11. The van der Waals surface area contributed by atoms with Gasteiger partial charge in [-0.15, -0.1) is 0 Å². The van der Waals surface area contributed by atoms with Crippen molar-refractivity contribution in [2.45, 2.75) is 32.4 Å². The first kappa shape index (κ1) is 18.4. The number of carbonyl (C=O) groups is 2. The van der Waals surface area contributed by atoms with E-state index in [1.54, 1.807) is 14.0 Å². The molecular formula is C18H27N3O3. The summed E-state index contributed by atoms with van der Waals surface area (Å²) in [4.78, 5) is 24.9.